The van der Waals surface area contributed by atoms with Crippen LogP contribution in [0.3, 0.4) is 0 Å². The Hall–Kier alpha value is -2.63. The SMILES string of the molecule is O=C(CN1C(=O)[C@H]2CC=CC[C@@H]2C1=O)Nc1ccccc1O. The summed E-state index contributed by atoms with van der Waals surface area (Å²) >= 11 is 0. The lowest BCUT2D eigenvalue weighted by molar-refractivity contribution is -0.142. The highest BCUT2D eigenvalue weighted by Crippen LogP contribution is 2.34. The van der Waals surface area contributed by atoms with E-state index >= 15 is 0 Å². The predicted molar refractivity (Wildman–Crippen MR) is 78.8 cm³/mol. The zero-order valence-corrected chi connectivity index (χ0v) is 11.9. The number of aromatic hydroxyl groups is 1. The average molecular weight is 300 g/mol. The molecule has 1 aliphatic heterocycles. The van der Waals surface area contributed by atoms with E-state index in [4.69, 9.17) is 0 Å². The molecule has 22 heavy (non-hydrogen) atoms. The molecule has 0 radical (unpaired) electrons. The van der Waals surface area contributed by atoms with Crippen molar-refractivity contribution in [2.75, 3.05) is 11.9 Å². The van der Waals surface area contributed by atoms with Crippen molar-refractivity contribution in [2.45, 2.75) is 12.8 Å². The van der Waals surface area contributed by atoms with E-state index in [0.717, 1.165) is 4.90 Å². The monoisotopic (exact) mass is 300 g/mol. The lowest BCUT2D eigenvalue weighted by Gasteiger charge is -2.14. The summed E-state index contributed by atoms with van der Waals surface area (Å²) in [5.74, 6) is -1.81. The Bertz CT molecular complexity index is 642. The third kappa shape index (κ3) is 2.47. The van der Waals surface area contributed by atoms with Crippen LogP contribution >= 0.6 is 0 Å². The van der Waals surface area contributed by atoms with Crippen molar-refractivity contribution >= 4 is 23.4 Å². The second-order valence-electron chi connectivity index (χ2n) is 5.48. The number of carbonyl (C=O) groups excluding carboxylic acids is 3. The van der Waals surface area contributed by atoms with Crippen LogP contribution in [0.15, 0.2) is 36.4 Å². The van der Waals surface area contributed by atoms with Crippen molar-refractivity contribution in [3.63, 3.8) is 0 Å². The molecule has 1 fully saturated rings. The Balaban J connectivity index is 1.68. The Morgan fingerprint density at radius 1 is 1.14 bits per heavy atom. The number of anilines is 1. The van der Waals surface area contributed by atoms with E-state index in [-0.39, 0.29) is 41.6 Å². The maximum absolute atomic E-state index is 12.2. The second kappa shape index (κ2) is 5.63. The molecule has 6 heteroatoms. The number of phenols is 1. The first-order valence-electron chi connectivity index (χ1n) is 7.16. The maximum atomic E-state index is 12.2. The number of fused-ring (bicyclic) bond motifs is 1. The van der Waals surface area contributed by atoms with E-state index in [1.807, 2.05) is 12.2 Å². The number of benzene rings is 1. The van der Waals surface area contributed by atoms with Gasteiger partial charge in [0.05, 0.1) is 17.5 Å². The zero-order valence-electron chi connectivity index (χ0n) is 11.9. The standard InChI is InChI=1S/C16H16N2O4/c19-13-8-4-3-7-12(13)17-14(20)9-18-15(21)10-5-1-2-6-11(10)16(18)22/h1-4,7-8,10-11,19H,5-6,9H2,(H,17,20)/t10-,11-/m0/s1. The van der Waals surface area contributed by atoms with E-state index < -0.39 is 5.91 Å². The van der Waals surface area contributed by atoms with Gasteiger partial charge in [-0.05, 0) is 25.0 Å². The van der Waals surface area contributed by atoms with Crippen LogP contribution < -0.4 is 5.32 Å². The van der Waals surface area contributed by atoms with Gasteiger partial charge in [-0.25, -0.2) is 0 Å². The van der Waals surface area contributed by atoms with E-state index in [1.165, 1.54) is 6.07 Å². The highest BCUT2D eigenvalue weighted by molar-refractivity contribution is 6.09. The third-order valence-corrected chi connectivity index (χ3v) is 4.08. The molecule has 3 rings (SSSR count). The summed E-state index contributed by atoms with van der Waals surface area (Å²) in [6, 6.07) is 6.30. The molecule has 0 unspecified atom stereocenters. The van der Waals surface area contributed by atoms with Crippen LogP contribution in [0.25, 0.3) is 0 Å². The van der Waals surface area contributed by atoms with Crippen molar-refractivity contribution in [3.05, 3.63) is 36.4 Å². The number of imide groups is 1. The summed E-state index contributed by atoms with van der Waals surface area (Å²) in [6.07, 6.45) is 4.90. The van der Waals surface area contributed by atoms with Gasteiger partial charge in [0.25, 0.3) is 0 Å². The molecule has 1 aromatic carbocycles. The summed E-state index contributed by atoms with van der Waals surface area (Å²) in [5.41, 5.74) is 0.255. The van der Waals surface area contributed by atoms with Crippen molar-refractivity contribution in [1.82, 2.24) is 4.90 Å². The van der Waals surface area contributed by atoms with Crippen molar-refractivity contribution < 1.29 is 19.5 Å². The van der Waals surface area contributed by atoms with Crippen LogP contribution in [0.5, 0.6) is 5.75 Å². The van der Waals surface area contributed by atoms with Gasteiger partial charge in [-0.15, -0.1) is 0 Å². The summed E-state index contributed by atoms with van der Waals surface area (Å²) in [5, 5.41) is 12.1. The Morgan fingerprint density at radius 2 is 1.73 bits per heavy atom. The number of phenolic OH excluding ortho intramolecular Hbond substituents is 1. The number of rotatable bonds is 3. The number of nitrogens with zero attached hydrogens (tertiary/aromatic N) is 1. The molecule has 2 N–H and O–H groups in total. The van der Waals surface area contributed by atoms with Crippen LogP contribution in [-0.2, 0) is 14.4 Å². The normalized spacial score (nSPS) is 23.5. The number of likely N-dealkylation sites (tertiary alicyclic amines) is 1. The Morgan fingerprint density at radius 3 is 2.32 bits per heavy atom. The molecule has 1 aromatic rings. The van der Waals surface area contributed by atoms with Gasteiger partial charge >= 0.3 is 0 Å². The fourth-order valence-corrected chi connectivity index (χ4v) is 2.94. The van der Waals surface area contributed by atoms with Gasteiger partial charge in [-0.1, -0.05) is 24.3 Å². The number of nitrogens with one attached hydrogen (secondary N) is 1. The molecule has 2 atom stereocenters. The van der Waals surface area contributed by atoms with Gasteiger partial charge in [0, 0.05) is 0 Å². The highest BCUT2D eigenvalue weighted by Gasteiger charge is 2.47. The summed E-state index contributed by atoms with van der Waals surface area (Å²) in [7, 11) is 0. The topological polar surface area (TPSA) is 86.7 Å². The lowest BCUT2D eigenvalue weighted by Crippen LogP contribution is -2.38. The molecule has 0 aromatic heterocycles. The van der Waals surface area contributed by atoms with Crippen molar-refractivity contribution in [2.24, 2.45) is 11.8 Å². The van der Waals surface area contributed by atoms with Gasteiger partial charge in [-0.2, -0.15) is 0 Å². The smallest absolute Gasteiger partial charge is 0.244 e. The quantitative estimate of drug-likeness (QED) is 0.500. The molecular formula is C16H16N2O4. The number of carbonyl (C=O) groups is 3. The summed E-state index contributed by atoms with van der Waals surface area (Å²) in [4.78, 5) is 37.6. The molecule has 1 saturated heterocycles. The number of amides is 3. The van der Waals surface area contributed by atoms with Crippen molar-refractivity contribution in [3.8, 4) is 5.75 Å². The minimum Gasteiger partial charge on any atom is -0.506 e. The molecule has 0 spiro atoms. The summed E-state index contributed by atoms with van der Waals surface area (Å²) in [6.45, 7) is -0.320. The molecule has 2 aliphatic rings. The van der Waals surface area contributed by atoms with Crippen LogP contribution in [0.1, 0.15) is 12.8 Å². The van der Waals surface area contributed by atoms with Crippen LogP contribution in [0, 0.1) is 11.8 Å². The molecule has 3 amide bonds. The van der Waals surface area contributed by atoms with E-state index in [0.29, 0.717) is 12.8 Å². The highest BCUT2D eigenvalue weighted by atomic mass is 16.3. The fourth-order valence-electron chi connectivity index (χ4n) is 2.94. The minimum absolute atomic E-state index is 0.0622. The molecule has 1 aliphatic carbocycles. The van der Waals surface area contributed by atoms with Gasteiger partial charge in [0.2, 0.25) is 17.7 Å². The van der Waals surface area contributed by atoms with Gasteiger partial charge in [0.15, 0.2) is 0 Å². The van der Waals surface area contributed by atoms with E-state index in [1.54, 1.807) is 18.2 Å². The zero-order chi connectivity index (χ0) is 15.7. The molecule has 0 bridgehead atoms. The molecule has 114 valence electrons. The molecule has 0 saturated carbocycles. The lowest BCUT2D eigenvalue weighted by atomic mass is 9.85. The number of allylic oxidation sites excluding steroid dienone is 2. The first kappa shape index (κ1) is 14.3. The number of hydrogen-bond acceptors (Lipinski definition) is 4. The van der Waals surface area contributed by atoms with Crippen LogP contribution in [-0.4, -0.2) is 34.3 Å². The van der Waals surface area contributed by atoms with Gasteiger partial charge in [-0.3, -0.25) is 19.3 Å². The molecule has 6 nitrogen and oxygen atoms in total. The Kier molecular flexibility index (Phi) is 3.66. The van der Waals surface area contributed by atoms with Gasteiger partial charge in [0.1, 0.15) is 12.3 Å². The predicted octanol–water partition coefficient (Wildman–Crippen LogP) is 1.28. The Labute approximate surface area is 127 Å². The van der Waals surface area contributed by atoms with E-state index in [2.05, 4.69) is 5.32 Å². The first-order valence-corrected chi connectivity index (χ1v) is 7.16. The number of para-hydroxylation sites is 2. The summed E-state index contributed by atoms with van der Waals surface area (Å²) < 4.78 is 0. The van der Waals surface area contributed by atoms with E-state index in [9.17, 15) is 19.5 Å². The van der Waals surface area contributed by atoms with Gasteiger partial charge < -0.3 is 10.4 Å². The average Bonchev–Trinajstić information content (AvgIpc) is 2.75. The molecule has 1 heterocycles. The first-order chi connectivity index (χ1) is 10.6. The third-order valence-electron chi connectivity index (χ3n) is 4.08. The second-order valence-corrected chi connectivity index (χ2v) is 5.48. The van der Waals surface area contributed by atoms with Crippen molar-refractivity contribution in [1.29, 1.82) is 0 Å². The maximum Gasteiger partial charge on any atom is 0.244 e. The molecular weight excluding hydrogens is 284 g/mol. The largest absolute Gasteiger partial charge is 0.506 e. The number of hydrogen-bond donors (Lipinski definition) is 2. The van der Waals surface area contributed by atoms with Crippen LogP contribution in [0.4, 0.5) is 5.69 Å². The van der Waals surface area contributed by atoms with Crippen LogP contribution in [0.2, 0.25) is 0 Å². The minimum atomic E-state index is -0.505. The fraction of sp³-hybridized carbons (Fsp3) is 0.312.